The number of nitrogens with two attached hydrogens (primary N) is 1. The minimum Gasteiger partial charge on any atom is -0.308 e. The molecule has 1 rings (SSSR count). The SMILES string of the molecule is C=CC(=Nc1cccc(C)c1)NN. The maximum Gasteiger partial charge on any atom is 0.139 e. The number of aliphatic imine (C=N–C) groups is 1. The average molecular weight is 175 g/mol. The van der Waals surface area contributed by atoms with Crippen LogP contribution >= 0.6 is 0 Å². The van der Waals surface area contributed by atoms with Gasteiger partial charge in [0.1, 0.15) is 5.84 Å². The Bertz CT molecular complexity index is 329. The third-order valence-corrected chi connectivity index (χ3v) is 1.59. The molecule has 68 valence electrons. The van der Waals surface area contributed by atoms with Gasteiger partial charge >= 0.3 is 0 Å². The van der Waals surface area contributed by atoms with Crippen LogP contribution < -0.4 is 11.3 Å². The van der Waals surface area contributed by atoms with Crippen LogP contribution in [-0.4, -0.2) is 5.84 Å². The molecule has 0 bridgehead atoms. The number of hydrogen-bond donors (Lipinski definition) is 2. The van der Waals surface area contributed by atoms with Crippen molar-refractivity contribution in [2.45, 2.75) is 6.92 Å². The number of aryl methyl sites for hydroxylation is 1. The summed E-state index contributed by atoms with van der Waals surface area (Å²) in [6.45, 7) is 5.59. The Morgan fingerprint density at radius 2 is 2.38 bits per heavy atom. The fourth-order valence-electron chi connectivity index (χ4n) is 0.973. The van der Waals surface area contributed by atoms with Gasteiger partial charge in [0.25, 0.3) is 0 Å². The van der Waals surface area contributed by atoms with Crippen molar-refractivity contribution in [1.29, 1.82) is 0 Å². The van der Waals surface area contributed by atoms with Crippen LogP contribution in [0.4, 0.5) is 5.69 Å². The van der Waals surface area contributed by atoms with E-state index in [4.69, 9.17) is 5.84 Å². The summed E-state index contributed by atoms with van der Waals surface area (Å²) in [6, 6.07) is 7.85. The van der Waals surface area contributed by atoms with Gasteiger partial charge in [-0.3, -0.25) is 0 Å². The molecule has 3 heteroatoms. The van der Waals surface area contributed by atoms with Gasteiger partial charge in [0.15, 0.2) is 0 Å². The van der Waals surface area contributed by atoms with E-state index in [-0.39, 0.29) is 0 Å². The minimum absolute atomic E-state index is 0.561. The highest BCUT2D eigenvalue weighted by molar-refractivity contribution is 5.93. The van der Waals surface area contributed by atoms with Crippen LogP contribution in [0.1, 0.15) is 5.56 Å². The summed E-state index contributed by atoms with van der Waals surface area (Å²) in [5.41, 5.74) is 4.49. The zero-order chi connectivity index (χ0) is 9.68. The van der Waals surface area contributed by atoms with Gasteiger partial charge in [-0.1, -0.05) is 18.7 Å². The van der Waals surface area contributed by atoms with Gasteiger partial charge in [0.2, 0.25) is 0 Å². The molecule has 13 heavy (non-hydrogen) atoms. The molecule has 0 radical (unpaired) electrons. The van der Waals surface area contributed by atoms with Gasteiger partial charge in [-0.25, -0.2) is 10.8 Å². The minimum atomic E-state index is 0.561. The largest absolute Gasteiger partial charge is 0.308 e. The molecule has 1 aromatic rings. The average Bonchev–Trinajstić information content (AvgIpc) is 2.14. The van der Waals surface area contributed by atoms with Crippen molar-refractivity contribution < 1.29 is 0 Å². The summed E-state index contributed by atoms with van der Waals surface area (Å²) >= 11 is 0. The van der Waals surface area contributed by atoms with Gasteiger partial charge in [0.05, 0.1) is 5.69 Å². The first-order valence-corrected chi connectivity index (χ1v) is 4.00. The molecule has 0 aliphatic rings. The summed E-state index contributed by atoms with van der Waals surface area (Å²) in [5.74, 6) is 5.78. The van der Waals surface area contributed by atoms with Crippen molar-refractivity contribution in [3.05, 3.63) is 42.5 Å². The Morgan fingerprint density at radius 1 is 1.62 bits per heavy atom. The number of rotatable bonds is 2. The Balaban J connectivity index is 2.95. The molecule has 0 fully saturated rings. The van der Waals surface area contributed by atoms with Crippen molar-refractivity contribution in [2.24, 2.45) is 10.8 Å². The number of nitrogens with one attached hydrogen (secondary N) is 1. The monoisotopic (exact) mass is 175 g/mol. The second kappa shape index (κ2) is 4.42. The van der Waals surface area contributed by atoms with E-state index in [0.29, 0.717) is 5.84 Å². The summed E-state index contributed by atoms with van der Waals surface area (Å²) < 4.78 is 0. The highest BCUT2D eigenvalue weighted by Crippen LogP contribution is 2.13. The number of benzene rings is 1. The predicted molar refractivity (Wildman–Crippen MR) is 55.8 cm³/mol. The molecule has 0 saturated carbocycles. The molecule has 0 aliphatic carbocycles. The lowest BCUT2D eigenvalue weighted by Crippen LogP contribution is -2.28. The number of amidine groups is 1. The quantitative estimate of drug-likeness (QED) is 0.311. The molecule has 0 unspecified atom stereocenters. The summed E-state index contributed by atoms with van der Waals surface area (Å²) in [5, 5.41) is 0. The zero-order valence-electron chi connectivity index (χ0n) is 7.62. The lowest BCUT2D eigenvalue weighted by atomic mass is 10.2. The van der Waals surface area contributed by atoms with Crippen LogP contribution in [0.25, 0.3) is 0 Å². The maximum absolute atomic E-state index is 5.22. The van der Waals surface area contributed by atoms with Gasteiger partial charge < -0.3 is 5.43 Å². The molecule has 3 N–H and O–H groups in total. The van der Waals surface area contributed by atoms with Crippen LogP contribution in [0.5, 0.6) is 0 Å². The van der Waals surface area contributed by atoms with Gasteiger partial charge in [-0.15, -0.1) is 0 Å². The van der Waals surface area contributed by atoms with E-state index in [1.54, 1.807) is 6.08 Å². The number of hydrazine groups is 1. The van der Waals surface area contributed by atoms with Crippen molar-refractivity contribution in [1.82, 2.24) is 5.43 Å². The van der Waals surface area contributed by atoms with Crippen molar-refractivity contribution in [3.8, 4) is 0 Å². The van der Waals surface area contributed by atoms with E-state index in [9.17, 15) is 0 Å². The van der Waals surface area contributed by atoms with E-state index in [0.717, 1.165) is 5.69 Å². The molecule has 0 heterocycles. The van der Waals surface area contributed by atoms with E-state index in [2.05, 4.69) is 17.0 Å². The van der Waals surface area contributed by atoms with Crippen LogP contribution in [0, 0.1) is 6.92 Å². The molecule has 0 amide bonds. The predicted octanol–water partition coefficient (Wildman–Crippen LogP) is 1.67. The molecule has 3 nitrogen and oxygen atoms in total. The maximum atomic E-state index is 5.22. The molecule has 0 aromatic heterocycles. The van der Waals surface area contributed by atoms with Crippen molar-refractivity contribution >= 4 is 11.5 Å². The standard InChI is InChI=1S/C10H13N3/c1-3-10(13-11)12-9-6-4-5-8(2)7-9/h3-7H,1,11H2,2H3,(H,12,13). The second-order valence-electron chi connectivity index (χ2n) is 2.68. The Labute approximate surface area is 78.0 Å². The summed E-state index contributed by atoms with van der Waals surface area (Å²) in [7, 11) is 0. The fourth-order valence-corrected chi connectivity index (χ4v) is 0.973. The first-order chi connectivity index (χ1) is 6.26. The Hall–Kier alpha value is -1.61. The molecule has 1 aromatic carbocycles. The molecule has 0 atom stereocenters. The Morgan fingerprint density at radius 3 is 2.92 bits per heavy atom. The lowest BCUT2D eigenvalue weighted by Gasteiger charge is -1.99. The third kappa shape index (κ3) is 2.72. The molecular weight excluding hydrogens is 162 g/mol. The van der Waals surface area contributed by atoms with E-state index >= 15 is 0 Å². The highest BCUT2D eigenvalue weighted by Gasteiger charge is 1.91. The molecule has 0 saturated heterocycles. The lowest BCUT2D eigenvalue weighted by molar-refractivity contribution is 1.03. The molecular formula is C10H13N3. The highest BCUT2D eigenvalue weighted by atomic mass is 15.2. The van der Waals surface area contributed by atoms with Crippen molar-refractivity contribution in [3.63, 3.8) is 0 Å². The number of nitrogens with zero attached hydrogens (tertiary/aromatic N) is 1. The fraction of sp³-hybridized carbons (Fsp3) is 0.100. The van der Waals surface area contributed by atoms with Gasteiger partial charge in [0, 0.05) is 0 Å². The first-order valence-electron chi connectivity index (χ1n) is 4.00. The molecule has 0 spiro atoms. The summed E-state index contributed by atoms with van der Waals surface area (Å²) in [6.07, 6.45) is 1.57. The smallest absolute Gasteiger partial charge is 0.139 e. The van der Waals surface area contributed by atoms with E-state index in [1.165, 1.54) is 5.56 Å². The topological polar surface area (TPSA) is 50.4 Å². The third-order valence-electron chi connectivity index (χ3n) is 1.59. The summed E-state index contributed by atoms with van der Waals surface area (Å²) in [4.78, 5) is 4.22. The van der Waals surface area contributed by atoms with Crippen LogP contribution in [0.15, 0.2) is 41.9 Å². The van der Waals surface area contributed by atoms with Crippen LogP contribution in [0.3, 0.4) is 0 Å². The second-order valence-corrected chi connectivity index (χ2v) is 2.68. The number of hydrogen-bond acceptors (Lipinski definition) is 2. The van der Waals surface area contributed by atoms with Crippen molar-refractivity contribution in [2.75, 3.05) is 0 Å². The Kier molecular flexibility index (Phi) is 3.23. The first kappa shape index (κ1) is 9.48. The van der Waals surface area contributed by atoms with Crippen LogP contribution in [-0.2, 0) is 0 Å². The van der Waals surface area contributed by atoms with Gasteiger partial charge in [-0.05, 0) is 30.7 Å². The van der Waals surface area contributed by atoms with E-state index < -0.39 is 0 Å². The normalized spacial score (nSPS) is 11.1. The van der Waals surface area contributed by atoms with E-state index in [1.807, 2.05) is 31.2 Å². The zero-order valence-corrected chi connectivity index (χ0v) is 7.62. The van der Waals surface area contributed by atoms with Gasteiger partial charge in [-0.2, -0.15) is 0 Å². The van der Waals surface area contributed by atoms with Crippen LogP contribution in [0.2, 0.25) is 0 Å². The molecule has 0 aliphatic heterocycles.